The maximum Gasteiger partial charge on any atom is 0.256 e. The predicted molar refractivity (Wildman–Crippen MR) is 65.3 cm³/mol. The molecule has 0 radical (unpaired) electrons. The minimum atomic E-state index is -0.888. The monoisotopic (exact) mass is 297 g/mol. The van der Waals surface area contributed by atoms with Crippen molar-refractivity contribution in [2.24, 2.45) is 5.73 Å². The Morgan fingerprint density at radius 3 is 2.71 bits per heavy atom. The molecule has 5 nitrogen and oxygen atoms in total. The molecule has 1 atom stereocenters. The molecule has 0 unspecified atom stereocenters. The molecule has 1 heterocycles. The van der Waals surface area contributed by atoms with E-state index in [4.69, 9.17) is 10.3 Å². The number of halogens is 1. The van der Waals surface area contributed by atoms with Gasteiger partial charge in [0, 0.05) is 17.4 Å². The van der Waals surface area contributed by atoms with Gasteiger partial charge in [-0.1, -0.05) is 33.2 Å². The van der Waals surface area contributed by atoms with Crippen molar-refractivity contribution in [1.82, 2.24) is 10.1 Å². The van der Waals surface area contributed by atoms with Crippen molar-refractivity contribution < 1.29 is 9.63 Å². The summed E-state index contributed by atoms with van der Waals surface area (Å²) < 4.78 is 5.93. The lowest BCUT2D eigenvalue weighted by molar-refractivity contribution is 0.141. The Kier molecular flexibility index (Phi) is 3.88. The van der Waals surface area contributed by atoms with Crippen LogP contribution < -0.4 is 5.73 Å². The van der Waals surface area contributed by atoms with Crippen LogP contribution in [0, 0.1) is 0 Å². The van der Waals surface area contributed by atoms with E-state index in [0.717, 1.165) is 10.0 Å². The molecular weight excluding hydrogens is 286 g/mol. The molecule has 2 rings (SSSR count). The molecule has 90 valence electrons. The van der Waals surface area contributed by atoms with Gasteiger partial charge in [-0.15, -0.1) is 0 Å². The third-order valence-corrected chi connectivity index (χ3v) is 2.80. The summed E-state index contributed by atoms with van der Waals surface area (Å²) in [6.07, 6.45) is -0.324. The molecule has 0 fully saturated rings. The van der Waals surface area contributed by atoms with Gasteiger partial charge in [-0.3, -0.25) is 0 Å². The fourth-order valence-electron chi connectivity index (χ4n) is 1.36. The van der Waals surface area contributed by atoms with Crippen molar-refractivity contribution in [3.63, 3.8) is 0 Å². The van der Waals surface area contributed by atoms with Gasteiger partial charge < -0.3 is 15.4 Å². The van der Waals surface area contributed by atoms with E-state index in [1.807, 2.05) is 24.3 Å². The van der Waals surface area contributed by atoms with Crippen molar-refractivity contribution in [2.75, 3.05) is 6.54 Å². The minimum Gasteiger partial charge on any atom is -0.382 e. The van der Waals surface area contributed by atoms with Crippen LogP contribution in [-0.4, -0.2) is 21.8 Å². The van der Waals surface area contributed by atoms with Gasteiger partial charge in [0.1, 0.15) is 6.10 Å². The summed E-state index contributed by atoms with van der Waals surface area (Å²) in [6, 6.07) is 7.84. The van der Waals surface area contributed by atoms with Gasteiger partial charge in [-0.05, 0) is 17.7 Å². The van der Waals surface area contributed by atoms with Gasteiger partial charge in [0.05, 0.1) is 0 Å². The van der Waals surface area contributed by atoms with Gasteiger partial charge in [-0.25, -0.2) is 0 Å². The van der Waals surface area contributed by atoms with Crippen LogP contribution in [0.5, 0.6) is 0 Å². The zero-order valence-corrected chi connectivity index (χ0v) is 10.6. The lowest BCUT2D eigenvalue weighted by atomic mass is 10.1. The molecule has 2 aromatic rings. The van der Waals surface area contributed by atoms with E-state index in [1.54, 1.807) is 0 Å². The highest BCUT2D eigenvalue weighted by Gasteiger charge is 2.14. The maximum absolute atomic E-state index is 9.42. The summed E-state index contributed by atoms with van der Waals surface area (Å²) in [4.78, 5) is 4.08. The lowest BCUT2D eigenvalue weighted by Crippen LogP contribution is -2.11. The van der Waals surface area contributed by atoms with E-state index in [-0.39, 0.29) is 12.4 Å². The number of benzene rings is 1. The van der Waals surface area contributed by atoms with Gasteiger partial charge in [0.25, 0.3) is 5.89 Å². The Labute approximate surface area is 107 Å². The van der Waals surface area contributed by atoms with Crippen molar-refractivity contribution in [3.05, 3.63) is 46.0 Å². The number of nitrogens with two attached hydrogens (primary N) is 1. The molecule has 0 saturated heterocycles. The molecule has 0 bridgehead atoms. The Balaban J connectivity index is 2.08. The number of rotatable bonds is 4. The highest BCUT2D eigenvalue weighted by molar-refractivity contribution is 9.10. The van der Waals surface area contributed by atoms with Crippen LogP contribution in [0.4, 0.5) is 0 Å². The molecule has 0 aliphatic heterocycles. The SMILES string of the molecule is NC[C@H](O)c1nc(Cc2ccc(Br)cc2)no1. The number of aromatic nitrogens is 2. The highest BCUT2D eigenvalue weighted by Crippen LogP contribution is 2.14. The first kappa shape index (κ1) is 12.2. The number of hydrogen-bond donors (Lipinski definition) is 2. The Bertz CT molecular complexity index is 484. The predicted octanol–water partition coefficient (Wildman–Crippen LogP) is 1.41. The summed E-state index contributed by atoms with van der Waals surface area (Å²) in [6.45, 7) is 0.0694. The van der Waals surface area contributed by atoms with Gasteiger partial charge in [-0.2, -0.15) is 4.98 Å². The normalized spacial score (nSPS) is 12.6. The Morgan fingerprint density at radius 1 is 1.35 bits per heavy atom. The number of aliphatic hydroxyl groups is 1. The number of nitrogens with zero attached hydrogens (tertiary/aromatic N) is 2. The lowest BCUT2D eigenvalue weighted by Gasteiger charge is -1.98. The second kappa shape index (κ2) is 5.39. The molecule has 6 heteroatoms. The van der Waals surface area contributed by atoms with Gasteiger partial charge in [0.15, 0.2) is 5.82 Å². The van der Waals surface area contributed by atoms with Crippen molar-refractivity contribution >= 4 is 15.9 Å². The quantitative estimate of drug-likeness (QED) is 0.891. The summed E-state index contributed by atoms with van der Waals surface area (Å²) in [7, 11) is 0. The van der Waals surface area contributed by atoms with Crippen molar-refractivity contribution in [3.8, 4) is 0 Å². The Morgan fingerprint density at radius 2 is 2.06 bits per heavy atom. The summed E-state index contributed by atoms with van der Waals surface area (Å²) in [5.74, 6) is 0.703. The topological polar surface area (TPSA) is 85.2 Å². The molecule has 0 amide bonds. The third-order valence-electron chi connectivity index (χ3n) is 2.27. The van der Waals surface area contributed by atoms with E-state index in [0.29, 0.717) is 12.2 Å². The van der Waals surface area contributed by atoms with E-state index < -0.39 is 6.10 Å². The average Bonchev–Trinajstić information content (AvgIpc) is 2.80. The third kappa shape index (κ3) is 3.12. The second-order valence-corrected chi connectivity index (χ2v) is 4.52. The van der Waals surface area contributed by atoms with E-state index in [1.165, 1.54) is 0 Å². The van der Waals surface area contributed by atoms with E-state index in [2.05, 4.69) is 26.1 Å². The molecule has 1 aromatic carbocycles. The standard InChI is InChI=1S/C11H12BrN3O2/c12-8-3-1-7(2-4-8)5-10-14-11(17-15-10)9(16)6-13/h1-4,9,16H,5-6,13H2/t9-/m0/s1. The van der Waals surface area contributed by atoms with Crippen LogP contribution >= 0.6 is 15.9 Å². The van der Waals surface area contributed by atoms with Crippen molar-refractivity contribution in [2.45, 2.75) is 12.5 Å². The first-order valence-electron chi connectivity index (χ1n) is 5.14. The Hall–Kier alpha value is -1.24. The largest absolute Gasteiger partial charge is 0.382 e. The van der Waals surface area contributed by atoms with E-state index >= 15 is 0 Å². The first-order valence-corrected chi connectivity index (χ1v) is 5.93. The van der Waals surface area contributed by atoms with Crippen molar-refractivity contribution in [1.29, 1.82) is 0 Å². The highest BCUT2D eigenvalue weighted by atomic mass is 79.9. The summed E-state index contributed by atoms with van der Waals surface area (Å²) in [5, 5.41) is 13.2. The van der Waals surface area contributed by atoms with E-state index in [9.17, 15) is 5.11 Å². The minimum absolute atomic E-state index is 0.0694. The number of hydrogen-bond acceptors (Lipinski definition) is 5. The second-order valence-electron chi connectivity index (χ2n) is 3.60. The maximum atomic E-state index is 9.42. The molecule has 17 heavy (non-hydrogen) atoms. The van der Waals surface area contributed by atoms with Crippen LogP contribution in [0.3, 0.4) is 0 Å². The first-order chi connectivity index (χ1) is 8.19. The molecular formula is C11H12BrN3O2. The average molecular weight is 298 g/mol. The fraction of sp³-hybridized carbons (Fsp3) is 0.273. The molecule has 0 saturated carbocycles. The zero-order chi connectivity index (χ0) is 12.3. The van der Waals surface area contributed by atoms with Crippen LogP contribution in [0.2, 0.25) is 0 Å². The summed E-state index contributed by atoms with van der Waals surface area (Å²) in [5.41, 5.74) is 6.37. The molecule has 0 aliphatic rings. The van der Waals surface area contributed by atoms with Gasteiger partial charge in [0.2, 0.25) is 0 Å². The molecule has 0 aliphatic carbocycles. The zero-order valence-electron chi connectivity index (χ0n) is 9.01. The fourth-order valence-corrected chi connectivity index (χ4v) is 1.62. The molecule has 1 aromatic heterocycles. The van der Waals surface area contributed by atoms with Gasteiger partial charge >= 0.3 is 0 Å². The van der Waals surface area contributed by atoms with Crippen LogP contribution in [0.15, 0.2) is 33.3 Å². The van der Waals surface area contributed by atoms with Crippen LogP contribution in [0.1, 0.15) is 23.4 Å². The smallest absolute Gasteiger partial charge is 0.256 e. The molecule has 0 spiro atoms. The summed E-state index contributed by atoms with van der Waals surface area (Å²) >= 11 is 3.37. The number of aliphatic hydroxyl groups excluding tert-OH is 1. The molecule has 3 N–H and O–H groups in total. The van der Waals surface area contributed by atoms with Crippen LogP contribution in [0.25, 0.3) is 0 Å². The van der Waals surface area contributed by atoms with Crippen LogP contribution in [-0.2, 0) is 6.42 Å².